The summed E-state index contributed by atoms with van der Waals surface area (Å²) in [6.07, 6.45) is 3.34. The molecule has 1 aliphatic heterocycles. The van der Waals surface area contributed by atoms with Crippen molar-refractivity contribution in [2.45, 2.75) is 76.4 Å². The number of carbonyl (C=O) groups is 1. The molecule has 2 aromatic rings. The molecular weight excluding hydrogens is 346 g/mol. The van der Waals surface area contributed by atoms with Gasteiger partial charge in [0.05, 0.1) is 5.25 Å². The minimum Gasteiger partial charge on any atom is -0.411 e. The number of aryl methyl sites for hydroxylation is 2. The Morgan fingerprint density at radius 2 is 1.77 bits per heavy atom. The molecule has 3 atom stereocenters. The van der Waals surface area contributed by atoms with E-state index in [0.29, 0.717) is 23.2 Å². The molecule has 0 unspecified atom stereocenters. The number of carbonyl (C=O) groups excluding carboxylic acids is 1. The third kappa shape index (κ3) is 4.11. The first kappa shape index (κ1) is 19.0. The van der Waals surface area contributed by atoms with E-state index < -0.39 is 0 Å². The molecule has 5 nitrogen and oxygen atoms in total. The summed E-state index contributed by atoms with van der Waals surface area (Å²) in [6.45, 7) is 10.3. The van der Waals surface area contributed by atoms with E-state index in [-0.39, 0.29) is 11.2 Å². The summed E-state index contributed by atoms with van der Waals surface area (Å²) < 4.78 is 5.81. The third-order valence-corrected chi connectivity index (χ3v) is 5.87. The zero-order valence-corrected chi connectivity index (χ0v) is 17.0. The maximum atomic E-state index is 12.9. The van der Waals surface area contributed by atoms with Gasteiger partial charge in [-0.15, -0.1) is 10.2 Å². The van der Waals surface area contributed by atoms with Gasteiger partial charge in [-0.2, -0.15) is 0 Å². The van der Waals surface area contributed by atoms with Gasteiger partial charge in [0.15, 0.2) is 0 Å². The average molecular weight is 374 g/mol. The first-order valence-corrected chi connectivity index (χ1v) is 10.1. The second-order valence-corrected chi connectivity index (χ2v) is 8.68. The third-order valence-electron chi connectivity index (χ3n) is 4.95. The number of nitrogens with zero attached hydrogens (tertiary/aromatic N) is 3. The van der Waals surface area contributed by atoms with E-state index in [0.717, 1.165) is 29.5 Å². The van der Waals surface area contributed by atoms with Crippen LogP contribution >= 0.6 is 11.8 Å². The van der Waals surface area contributed by atoms with Crippen molar-refractivity contribution in [3.05, 3.63) is 29.3 Å². The lowest BCUT2D eigenvalue weighted by molar-refractivity contribution is -0.136. The molecule has 0 radical (unpaired) electrons. The Morgan fingerprint density at radius 3 is 2.38 bits per heavy atom. The Kier molecular flexibility index (Phi) is 5.70. The Morgan fingerprint density at radius 1 is 1.15 bits per heavy atom. The highest BCUT2D eigenvalue weighted by Gasteiger charge is 2.32. The van der Waals surface area contributed by atoms with Crippen LogP contribution in [0.4, 0.5) is 0 Å². The van der Waals surface area contributed by atoms with Crippen molar-refractivity contribution in [1.82, 2.24) is 15.1 Å². The van der Waals surface area contributed by atoms with Gasteiger partial charge in [-0.05, 0) is 66.0 Å². The molecule has 0 bridgehead atoms. The average Bonchev–Trinajstić information content (AvgIpc) is 3.02. The van der Waals surface area contributed by atoms with Crippen molar-refractivity contribution in [2.75, 3.05) is 0 Å². The van der Waals surface area contributed by atoms with Crippen molar-refractivity contribution < 1.29 is 9.21 Å². The molecule has 1 fully saturated rings. The number of piperidine rings is 1. The Bertz CT molecular complexity index is 759. The van der Waals surface area contributed by atoms with Gasteiger partial charge in [0.25, 0.3) is 5.22 Å². The van der Waals surface area contributed by atoms with Gasteiger partial charge >= 0.3 is 0 Å². The number of hydrogen-bond acceptors (Lipinski definition) is 5. The number of likely N-dealkylation sites (tertiary alicyclic amines) is 1. The molecule has 2 heterocycles. The fraction of sp³-hybridized carbons (Fsp3) is 0.550. The van der Waals surface area contributed by atoms with Crippen molar-refractivity contribution in [2.24, 2.45) is 0 Å². The number of hydrogen-bond donors (Lipinski definition) is 0. The molecule has 0 aliphatic carbocycles. The van der Waals surface area contributed by atoms with Crippen LogP contribution in [0, 0.1) is 13.8 Å². The summed E-state index contributed by atoms with van der Waals surface area (Å²) >= 11 is 1.34. The number of thioether (sulfide) groups is 1. The molecule has 6 heteroatoms. The topological polar surface area (TPSA) is 59.2 Å². The molecule has 140 valence electrons. The minimum absolute atomic E-state index is 0.154. The lowest BCUT2D eigenvalue weighted by Gasteiger charge is -2.40. The minimum atomic E-state index is -0.245. The highest BCUT2D eigenvalue weighted by atomic mass is 32.2. The van der Waals surface area contributed by atoms with E-state index in [1.165, 1.54) is 18.2 Å². The van der Waals surface area contributed by atoms with Crippen LogP contribution in [0.5, 0.6) is 0 Å². The Hall–Kier alpha value is -1.82. The summed E-state index contributed by atoms with van der Waals surface area (Å²) in [6, 6.07) is 6.75. The monoisotopic (exact) mass is 373 g/mol. The van der Waals surface area contributed by atoms with Gasteiger partial charge in [-0.3, -0.25) is 4.79 Å². The maximum absolute atomic E-state index is 12.9. The molecule has 1 amide bonds. The van der Waals surface area contributed by atoms with Crippen molar-refractivity contribution in [1.29, 1.82) is 0 Å². The zero-order chi connectivity index (χ0) is 18.8. The van der Waals surface area contributed by atoms with Crippen LogP contribution in [0.3, 0.4) is 0 Å². The van der Waals surface area contributed by atoms with Gasteiger partial charge in [0, 0.05) is 17.6 Å². The summed E-state index contributed by atoms with van der Waals surface area (Å²) in [5, 5.41) is 8.49. The Labute approximate surface area is 159 Å². The number of aromatic nitrogens is 2. The largest absolute Gasteiger partial charge is 0.411 e. The van der Waals surface area contributed by atoms with Gasteiger partial charge < -0.3 is 9.32 Å². The summed E-state index contributed by atoms with van der Waals surface area (Å²) in [5.74, 6) is 0.652. The quantitative estimate of drug-likeness (QED) is 0.732. The number of amides is 1. The van der Waals surface area contributed by atoms with Crippen molar-refractivity contribution in [3.8, 4) is 11.5 Å². The normalized spacial score (nSPS) is 21.7. The van der Waals surface area contributed by atoms with Crippen LogP contribution in [0.15, 0.2) is 27.8 Å². The van der Waals surface area contributed by atoms with E-state index in [1.807, 2.05) is 37.8 Å². The van der Waals surface area contributed by atoms with Gasteiger partial charge in [-0.25, -0.2) is 0 Å². The lowest BCUT2D eigenvalue weighted by atomic mass is 9.97. The van der Waals surface area contributed by atoms with E-state index in [9.17, 15) is 4.79 Å². The van der Waals surface area contributed by atoms with Crippen LogP contribution in [0.25, 0.3) is 11.5 Å². The molecular formula is C20H27N3O2S. The molecule has 0 saturated carbocycles. The number of benzene rings is 1. The van der Waals surface area contributed by atoms with E-state index in [1.54, 1.807) is 0 Å². The Balaban J connectivity index is 1.71. The predicted octanol–water partition coefficient (Wildman–Crippen LogP) is 4.62. The standard InChI is InChI=1S/C20H27N3O2S/c1-12-9-13(2)11-17(10-12)18-21-22-20(25-18)26-16(5)19(24)23-14(3)7-6-8-15(23)4/h9-11,14-16H,6-8H2,1-5H3/t14-,15+,16-/m1/s1. The van der Waals surface area contributed by atoms with Crippen LogP contribution in [0.1, 0.15) is 51.2 Å². The summed E-state index contributed by atoms with van der Waals surface area (Å²) in [4.78, 5) is 14.9. The summed E-state index contributed by atoms with van der Waals surface area (Å²) in [5.41, 5.74) is 3.23. The molecule has 0 N–H and O–H groups in total. The fourth-order valence-electron chi connectivity index (χ4n) is 3.74. The molecule has 1 saturated heterocycles. The SMILES string of the molecule is Cc1cc(C)cc(-c2nnc(S[C@H](C)C(=O)N3[C@H](C)CCC[C@@H]3C)o2)c1. The van der Waals surface area contributed by atoms with E-state index in [4.69, 9.17) is 4.42 Å². The van der Waals surface area contributed by atoms with Crippen molar-refractivity contribution in [3.63, 3.8) is 0 Å². The lowest BCUT2D eigenvalue weighted by Crippen LogP contribution is -2.50. The van der Waals surface area contributed by atoms with Crippen LogP contribution in [-0.2, 0) is 4.79 Å². The molecule has 1 aliphatic rings. The molecule has 3 rings (SSSR count). The molecule has 26 heavy (non-hydrogen) atoms. The van der Waals surface area contributed by atoms with Gasteiger partial charge in [0.1, 0.15) is 0 Å². The highest BCUT2D eigenvalue weighted by molar-refractivity contribution is 8.00. The molecule has 1 aromatic carbocycles. The second kappa shape index (κ2) is 7.82. The van der Waals surface area contributed by atoms with E-state index in [2.05, 4.69) is 30.1 Å². The van der Waals surface area contributed by atoms with Crippen molar-refractivity contribution >= 4 is 17.7 Å². The molecule has 0 spiro atoms. The maximum Gasteiger partial charge on any atom is 0.277 e. The second-order valence-electron chi connectivity index (χ2n) is 7.38. The van der Waals surface area contributed by atoms with Crippen LogP contribution < -0.4 is 0 Å². The van der Waals surface area contributed by atoms with E-state index >= 15 is 0 Å². The van der Waals surface area contributed by atoms with Gasteiger partial charge in [-0.1, -0.05) is 29.0 Å². The highest BCUT2D eigenvalue weighted by Crippen LogP contribution is 2.30. The summed E-state index contributed by atoms with van der Waals surface area (Å²) in [7, 11) is 0. The predicted molar refractivity (Wildman–Crippen MR) is 104 cm³/mol. The van der Waals surface area contributed by atoms with Crippen LogP contribution in [0.2, 0.25) is 0 Å². The zero-order valence-electron chi connectivity index (χ0n) is 16.2. The van der Waals surface area contributed by atoms with Crippen LogP contribution in [-0.4, -0.2) is 38.3 Å². The first-order valence-electron chi connectivity index (χ1n) is 9.26. The number of rotatable bonds is 4. The molecule has 1 aromatic heterocycles. The first-order chi connectivity index (χ1) is 12.3. The van der Waals surface area contributed by atoms with Gasteiger partial charge in [0.2, 0.25) is 11.8 Å². The fourth-order valence-corrected chi connectivity index (χ4v) is 4.48. The smallest absolute Gasteiger partial charge is 0.277 e.